The summed E-state index contributed by atoms with van der Waals surface area (Å²) < 4.78 is 12.7. The van der Waals surface area contributed by atoms with E-state index in [-0.39, 0.29) is 12.5 Å². The number of fused-ring (bicyclic) bond motifs is 1. The van der Waals surface area contributed by atoms with E-state index in [1.54, 1.807) is 11.8 Å². The summed E-state index contributed by atoms with van der Waals surface area (Å²) in [5, 5.41) is 8.78. The number of benzene rings is 1. The Morgan fingerprint density at radius 3 is 2.60 bits per heavy atom. The number of methoxy groups -OCH3 is 1. The van der Waals surface area contributed by atoms with Gasteiger partial charge >= 0.3 is 0 Å². The van der Waals surface area contributed by atoms with E-state index in [1.165, 1.54) is 12.8 Å². The summed E-state index contributed by atoms with van der Waals surface area (Å²) in [4.78, 5) is 17.1. The Morgan fingerprint density at radius 2 is 1.97 bits per heavy atom. The number of carbonyl (C=O) groups excluding carboxylic acids is 1. The maximum atomic E-state index is 12.5. The smallest absolute Gasteiger partial charge is 0.258 e. The van der Waals surface area contributed by atoms with Crippen LogP contribution >= 0.6 is 0 Å². The second-order valence-electron chi connectivity index (χ2n) is 8.45. The first kappa shape index (κ1) is 20.2. The van der Waals surface area contributed by atoms with Crippen molar-refractivity contribution in [1.29, 1.82) is 0 Å². The lowest BCUT2D eigenvalue weighted by Gasteiger charge is -2.27. The summed E-state index contributed by atoms with van der Waals surface area (Å²) in [6.07, 6.45) is 2.38. The molecule has 1 aliphatic carbocycles. The Hall–Kier alpha value is -3.09. The highest BCUT2D eigenvalue weighted by Gasteiger charge is 2.30. The minimum Gasteiger partial charge on any atom is -0.497 e. The van der Waals surface area contributed by atoms with E-state index in [0.717, 1.165) is 33.6 Å². The lowest BCUT2D eigenvalue weighted by atomic mass is 9.94. The first-order valence-corrected chi connectivity index (χ1v) is 10.2. The van der Waals surface area contributed by atoms with Crippen LogP contribution in [-0.2, 0) is 17.4 Å². The number of rotatable bonds is 7. The topological polar surface area (TPSA) is 78.3 Å². The van der Waals surface area contributed by atoms with E-state index in [2.05, 4.69) is 15.4 Å². The normalized spacial score (nSPS) is 14.0. The molecular formula is C23H28N4O3. The fourth-order valence-electron chi connectivity index (χ4n) is 3.76. The van der Waals surface area contributed by atoms with Gasteiger partial charge in [0.05, 0.1) is 18.3 Å². The van der Waals surface area contributed by atoms with Gasteiger partial charge in [0.15, 0.2) is 12.3 Å². The molecule has 1 aliphatic rings. The molecule has 0 unspecified atom stereocenters. The van der Waals surface area contributed by atoms with Gasteiger partial charge in [-0.2, -0.15) is 10.1 Å². The SMILES string of the molecule is COc1ccc(C(C)(C)NC(=O)COc2cc(C)c3c(C4CC4)nn(C)c3n2)cc1. The highest BCUT2D eigenvalue weighted by Crippen LogP contribution is 2.43. The Kier molecular flexibility index (Phi) is 5.13. The molecule has 158 valence electrons. The molecule has 1 N–H and O–H groups in total. The summed E-state index contributed by atoms with van der Waals surface area (Å²) in [6, 6.07) is 9.53. The van der Waals surface area contributed by atoms with Gasteiger partial charge in [0.2, 0.25) is 5.88 Å². The molecule has 7 heteroatoms. The van der Waals surface area contributed by atoms with Crippen molar-refractivity contribution in [3.63, 3.8) is 0 Å². The van der Waals surface area contributed by atoms with Crippen LogP contribution in [0.3, 0.4) is 0 Å². The van der Waals surface area contributed by atoms with E-state index < -0.39 is 5.54 Å². The number of nitrogens with zero attached hydrogens (tertiary/aromatic N) is 3. The summed E-state index contributed by atoms with van der Waals surface area (Å²) in [7, 11) is 3.53. The van der Waals surface area contributed by atoms with Crippen molar-refractivity contribution < 1.29 is 14.3 Å². The van der Waals surface area contributed by atoms with Gasteiger partial charge in [-0.15, -0.1) is 0 Å². The quantitative estimate of drug-likeness (QED) is 0.646. The number of hydrogen-bond acceptors (Lipinski definition) is 5. The van der Waals surface area contributed by atoms with Gasteiger partial charge in [0.1, 0.15) is 5.75 Å². The van der Waals surface area contributed by atoms with Gasteiger partial charge < -0.3 is 14.8 Å². The van der Waals surface area contributed by atoms with E-state index >= 15 is 0 Å². The zero-order valence-corrected chi connectivity index (χ0v) is 18.2. The van der Waals surface area contributed by atoms with Crippen molar-refractivity contribution >= 4 is 16.9 Å². The highest BCUT2D eigenvalue weighted by molar-refractivity contribution is 5.84. The van der Waals surface area contributed by atoms with Crippen LogP contribution in [0.1, 0.15) is 49.4 Å². The monoisotopic (exact) mass is 408 g/mol. The molecule has 0 radical (unpaired) electrons. The molecule has 0 saturated heterocycles. The highest BCUT2D eigenvalue weighted by atomic mass is 16.5. The second kappa shape index (κ2) is 7.63. The molecule has 0 spiro atoms. The number of aryl methyl sites for hydroxylation is 2. The number of hydrogen-bond donors (Lipinski definition) is 1. The maximum absolute atomic E-state index is 12.5. The third-order valence-electron chi connectivity index (χ3n) is 5.57. The molecule has 0 bridgehead atoms. The van der Waals surface area contributed by atoms with Gasteiger partial charge in [-0.1, -0.05) is 12.1 Å². The molecule has 0 aliphatic heterocycles. The Morgan fingerprint density at radius 1 is 1.27 bits per heavy atom. The van der Waals surface area contributed by atoms with Crippen molar-refractivity contribution in [2.75, 3.05) is 13.7 Å². The predicted octanol–water partition coefficient (Wildman–Crippen LogP) is 3.59. The first-order chi connectivity index (χ1) is 14.3. The molecule has 1 fully saturated rings. The average molecular weight is 409 g/mol. The van der Waals surface area contributed by atoms with Crippen LogP contribution in [0.5, 0.6) is 11.6 Å². The Balaban J connectivity index is 1.44. The predicted molar refractivity (Wildman–Crippen MR) is 115 cm³/mol. The molecule has 2 heterocycles. The number of nitrogens with one attached hydrogen (secondary N) is 1. The molecule has 2 aromatic heterocycles. The van der Waals surface area contributed by atoms with Gasteiger partial charge in [-0.05, 0) is 56.9 Å². The van der Waals surface area contributed by atoms with Crippen LogP contribution < -0.4 is 14.8 Å². The molecule has 1 aromatic carbocycles. The number of ether oxygens (including phenoxy) is 2. The molecule has 4 rings (SSSR count). The minimum absolute atomic E-state index is 0.106. The van der Waals surface area contributed by atoms with Crippen LogP contribution in [0, 0.1) is 6.92 Å². The third kappa shape index (κ3) is 3.97. The van der Waals surface area contributed by atoms with E-state index in [4.69, 9.17) is 9.47 Å². The van der Waals surface area contributed by atoms with Crippen LogP contribution in [0.15, 0.2) is 30.3 Å². The second-order valence-corrected chi connectivity index (χ2v) is 8.45. The Labute approximate surface area is 176 Å². The lowest BCUT2D eigenvalue weighted by Crippen LogP contribution is -2.43. The van der Waals surface area contributed by atoms with Gasteiger partial charge in [-0.25, -0.2) is 0 Å². The summed E-state index contributed by atoms with van der Waals surface area (Å²) >= 11 is 0. The van der Waals surface area contributed by atoms with Crippen LogP contribution in [0.2, 0.25) is 0 Å². The van der Waals surface area contributed by atoms with E-state index in [0.29, 0.717) is 11.8 Å². The molecule has 0 atom stereocenters. The molecule has 7 nitrogen and oxygen atoms in total. The van der Waals surface area contributed by atoms with Crippen LogP contribution in [0.4, 0.5) is 0 Å². The van der Waals surface area contributed by atoms with Crippen molar-refractivity contribution in [3.8, 4) is 11.6 Å². The van der Waals surface area contributed by atoms with Crippen LogP contribution in [0.25, 0.3) is 11.0 Å². The largest absolute Gasteiger partial charge is 0.497 e. The summed E-state index contributed by atoms with van der Waals surface area (Å²) in [5.41, 5.74) is 3.44. The first-order valence-electron chi connectivity index (χ1n) is 10.2. The minimum atomic E-state index is -0.540. The number of aromatic nitrogens is 3. The third-order valence-corrected chi connectivity index (χ3v) is 5.57. The van der Waals surface area contributed by atoms with Gasteiger partial charge in [0.25, 0.3) is 5.91 Å². The summed E-state index contributed by atoms with van der Waals surface area (Å²) in [6.45, 7) is 5.84. The lowest BCUT2D eigenvalue weighted by molar-refractivity contribution is -0.124. The van der Waals surface area contributed by atoms with Gasteiger partial charge in [0, 0.05) is 24.4 Å². The molecule has 1 saturated carbocycles. The standard InChI is InChI=1S/C23H28N4O3/c1-14-12-19(24-22-20(14)21(15-6-7-15)26-27(22)4)30-13-18(28)25-23(2,3)16-8-10-17(29-5)11-9-16/h8-12,15H,6-7,13H2,1-5H3,(H,25,28). The van der Waals surface area contributed by atoms with Crippen LogP contribution in [-0.4, -0.2) is 34.4 Å². The zero-order chi connectivity index (χ0) is 21.5. The molecular weight excluding hydrogens is 380 g/mol. The summed E-state index contributed by atoms with van der Waals surface area (Å²) in [5.74, 6) is 1.55. The zero-order valence-electron chi connectivity index (χ0n) is 18.2. The fourth-order valence-corrected chi connectivity index (χ4v) is 3.76. The van der Waals surface area contributed by atoms with Crippen molar-refractivity contribution in [3.05, 3.63) is 47.2 Å². The average Bonchev–Trinajstić information content (AvgIpc) is 3.50. The van der Waals surface area contributed by atoms with E-state index in [9.17, 15) is 4.79 Å². The molecule has 3 aromatic rings. The fraction of sp³-hybridized carbons (Fsp3) is 0.435. The van der Waals surface area contributed by atoms with Crippen molar-refractivity contribution in [2.45, 2.75) is 45.1 Å². The van der Waals surface area contributed by atoms with Crippen molar-refractivity contribution in [2.24, 2.45) is 7.05 Å². The number of amides is 1. The molecule has 1 amide bonds. The van der Waals surface area contributed by atoms with Gasteiger partial charge in [-0.3, -0.25) is 9.48 Å². The number of carbonyl (C=O) groups is 1. The Bertz CT molecular complexity index is 1080. The van der Waals surface area contributed by atoms with E-state index in [1.807, 2.05) is 58.2 Å². The van der Waals surface area contributed by atoms with Crippen molar-refractivity contribution in [1.82, 2.24) is 20.1 Å². The maximum Gasteiger partial charge on any atom is 0.258 e. The molecule has 30 heavy (non-hydrogen) atoms. The number of pyridine rings is 1.